The Morgan fingerprint density at radius 1 is 1.41 bits per heavy atom. The summed E-state index contributed by atoms with van der Waals surface area (Å²) in [4.78, 5) is 21.4. The van der Waals surface area contributed by atoms with E-state index in [1.54, 1.807) is 12.4 Å². The predicted molar refractivity (Wildman–Crippen MR) is 64.1 cm³/mol. The first-order chi connectivity index (χ1) is 8.36. The molecule has 0 saturated carbocycles. The van der Waals surface area contributed by atoms with Gasteiger partial charge in [-0.2, -0.15) is 0 Å². The predicted octanol–water partition coefficient (Wildman–Crippen LogP) is 1.96. The van der Waals surface area contributed by atoms with E-state index < -0.39 is 0 Å². The number of carbonyl (C=O) groups excluding carboxylic acids is 1. The molecule has 1 aromatic rings. The van der Waals surface area contributed by atoms with E-state index in [0.29, 0.717) is 13.0 Å². The van der Waals surface area contributed by atoms with Crippen LogP contribution in [0.5, 0.6) is 0 Å². The van der Waals surface area contributed by atoms with Gasteiger partial charge in [0.1, 0.15) is 0 Å². The Morgan fingerprint density at radius 2 is 2.35 bits per heavy atom. The van der Waals surface area contributed by atoms with E-state index in [0.717, 1.165) is 37.8 Å². The highest BCUT2D eigenvalue weighted by Crippen LogP contribution is 2.10. The number of hydrogen-bond donors (Lipinski definition) is 0. The molecule has 2 rings (SSSR count). The third-order valence-corrected chi connectivity index (χ3v) is 2.88. The standard InChI is InChI=1S/C13H18N2O2/c16-13(15-9-2-1-3-10-17-15)7-6-12-5-4-8-14-11-12/h4-5,8,11H,1-3,6-7,9-10H2. The molecule has 1 aromatic heterocycles. The first kappa shape index (κ1) is 12.0. The molecule has 4 heteroatoms. The Bertz CT molecular complexity index is 346. The van der Waals surface area contributed by atoms with Gasteiger partial charge < -0.3 is 0 Å². The van der Waals surface area contributed by atoms with Crippen molar-refractivity contribution in [3.05, 3.63) is 30.1 Å². The van der Waals surface area contributed by atoms with Gasteiger partial charge in [-0.05, 0) is 37.3 Å². The summed E-state index contributed by atoms with van der Waals surface area (Å²) in [6.07, 6.45) is 8.00. The molecular formula is C13H18N2O2. The molecule has 0 bridgehead atoms. The maximum absolute atomic E-state index is 11.9. The Balaban J connectivity index is 1.80. The van der Waals surface area contributed by atoms with E-state index in [1.165, 1.54) is 5.06 Å². The number of carbonyl (C=O) groups is 1. The van der Waals surface area contributed by atoms with Gasteiger partial charge in [0.05, 0.1) is 6.61 Å². The van der Waals surface area contributed by atoms with Crippen LogP contribution >= 0.6 is 0 Å². The highest BCUT2D eigenvalue weighted by Gasteiger charge is 2.16. The zero-order chi connectivity index (χ0) is 11.9. The third-order valence-electron chi connectivity index (χ3n) is 2.88. The molecule has 1 fully saturated rings. The highest BCUT2D eigenvalue weighted by atomic mass is 16.7. The van der Waals surface area contributed by atoms with Crippen LogP contribution in [0.3, 0.4) is 0 Å². The fourth-order valence-corrected chi connectivity index (χ4v) is 1.89. The molecule has 1 aliphatic heterocycles. The van der Waals surface area contributed by atoms with E-state index in [-0.39, 0.29) is 5.91 Å². The molecule has 4 nitrogen and oxygen atoms in total. The molecule has 0 radical (unpaired) electrons. The molecule has 1 aliphatic rings. The van der Waals surface area contributed by atoms with Gasteiger partial charge in [-0.25, -0.2) is 5.06 Å². The van der Waals surface area contributed by atoms with E-state index in [9.17, 15) is 4.79 Å². The van der Waals surface area contributed by atoms with Crippen LogP contribution in [0, 0.1) is 0 Å². The van der Waals surface area contributed by atoms with Gasteiger partial charge in [0.2, 0.25) is 5.91 Å². The molecule has 0 aromatic carbocycles. The number of aryl methyl sites for hydroxylation is 1. The molecule has 0 unspecified atom stereocenters. The van der Waals surface area contributed by atoms with Crippen LogP contribution in [-0.4, -0.2) is 29.1 Å². The number of aromatic nitrogens is 1. The molecule has 1 saturated heterocycles. The summed E-state index contributed by atoms with van der Waals surface area (Å²) in [6.45, 7) is 1.39. The van der Waals surface area contributed by atoms with Crippen LogP contribution in [-0.2, 0) is 16.1 Å². The Kier molecular flexibility index (Phi) is 4.50. The molecule has 92 valence electrons. The fraction of sp³-hybridized carbons (Fsp3) is 0.538. The zero-order valence-electron chi connectivity index (χ0n) is 9.97. The van der Waals surface area contributed by atoms with Crippen molar-refractivity contribution < 1.29 is 9.63 Å². The van der Waals surface area contributed by atoms with Gasteiger partial charge >= 0.3 is 0 Å². The summed E-state index contributed by atoms with van der Waals surface area (Å²) in [6, 6.07) is 3.88. The Labute approximate surface area is 102 Å². The summed E-state index contributed by atoms with van der Waals surface area (Å²) in [5, 5.41) is 1.53. The van der Waals surface area contributed by atoms with Crippen molar-refractivity contribution in [2.24, 2.45) is 0 Å². The molecule has 0 N–H and O–H groups in total. The van der Waals surface area contributed by atoms with Crippen molar-refractivity contribution in [1.29, 1.82) is 0 Å². The molecule has 0 aliphatic carbocycles. The van der Waals surface area contributed by atoms with Crippen LogP contribution in [0.4, 0.5) is 0 Å². The summed E-state index contributed by atoms with van der Waals surface area (Å²) in [5.41, 5.74) is 1.09. The average Bonchev–Trinajstić information content (AvgIpc) is 2.66. The Morgan fingerprint density at radius 3 is 3.18 bits per heavy atom. The normalized spacial score (nSPS) is 16.6. The van der Waals surface area contributed by atoms with Gasteiger partial charge in [0.25, 0.3) is 0 Å². The smallest absolute Gasteiger partial charge is 0.246 e. The zero-order valence-corrected chi connectivity index (χ0v) is 9.97. The minimum absolute atomic E-state index is 0.0794. The quantitative estimate of drug-likeness (QED) is 0.803. The van der Waals surface area contributed by atoms with E-state index >= 15 is 0 Å². The van der Waals surface area contributed by atoms with E-state index in [2.05, 4.69) is 4.98 Å². The average molecular weight is 234 g/mol. The van der Waals surface area contributed by atoms with Crippen molar-refractivity contribution in [3.63, 3.8) is 0 Å². The van der Waals surface area contributed by atoms with Gasteiger partial charge in [0, 0.05) is 25.4 Å². The third kappa shape index (κ3) is 3.82. The number of nitrogens with zero attached hydrogens (tertiary/aromatic N) is 2. The van der Waals surface area contributed by atoms with E-state index in [4.69, 9.17) is 4.84 Å². The largest absolute Gasteiger partial charge is 0.273 e. The first-order valence-electron chi connectivity index (χ1n) is 6.18. The number of hydroxylamine groups is 2. The van der Waals surface area contributed by atoms with Crippen LogP contribution < -0.4 is 0 Å². The van der Waals surface area contributed by atoms with Crippen LogP contribution in [0.25, 0.3) is 0 Å². The molecule has 2 heterocycles. The number of hydrogen-bond acceptors (Lipinski definition) is 3. The molecule has 17 heavy (non-hydrogen) atoms. The summed E-state index contributed by atoms with van der Waals surface area (Å²) >= 11 is 0. The second-order valence-corrected chi connectivity index (χ2v) is 4.25. The number of pyridine rings is 1. The lowest BCUT2D eigenvalue weighted by Crippen LogP contribution is -2.31. The number of rotatable bonds is 3. The van der Waals surface area contributed by atoms with E-state index in [1.807, 2.05) is 12.1 Å². The fourth-order valence-electron chi connectivity index (χ4n) is 1.89. The van der Waals surface area contributed by atoms with Crippen molar-refractivity contribution in [3.8, 4) is 0 Å². The topological polar surface area (TPSA) is 42.4 Å². The van der Waals surface area contributed by atoms with Crippen molar-refractivity contribution in [2.45, 2.75) is 32.1 Å². The van der Waals surface area contributed by atoms with Crippen molar-refractivity contribution >= 4 is 5.91 Å². The lowest BCUT2D eigenvalue weighted by molar-refractivity contribution is -0.183. The van der Waals surface area contributed by atoms with Crippen molar-refractivity contribution in [2.75, 3.05) is 13.2 Å². The second-order valence-electron chi connectivity index (χ2n) is 4.25. The maximum atomic E-state index is 11.9. The minimum atomic E-state index is 0.0794. The van der Waals surface area contributed by atoms with Gasteiger partial charge in [-0.1, -0.05) is 6.07 Å². The summed E-state index contributed by atoms with van der Waals surface area (Å²) in [7, 11) is 0. The summed E-state index contributed by atoms with van der Waals surface area (Å²) in [5.74, 6) is 0.0794. The molecule has 0 atom stereocenters. The Hall–Kier alpha value is -1.42. The first-order valence-corrected chi connectivity index (χ1v) is 6.18. The lowest BCUT2D eigenvalue weighted by Gasteiger charge is -2.19. The monoisotopic (exact) mass is 234 g/mol. The second kappa shape index (κ2) is 6.35. The van der Waals surface area contributed by atoms with Crippen LogP contribution in [0.1, 0.15) is 31.2 Å². The summed E-state index contributed by atoms with van der Waals surface area (Å²) < 4.78 is 0. The number of amides is 1. The molecule has 1 amide bonds. The van der Waals surface area contributed by atoms with Gasteiger partial charge in [-0.15, -0.1) is 0 Å². The SMILES string of the molecule is O=C(CCc1cccnc1)N1CCCCCO1. The van der Waals surface area contributed by atoms with Crippen molar-refractivity contribution in [1.82, 2.24) is 10.0 Å². The van der Waals surface area contributed by atoms with Gasteiger partial charge in [-0.3, -0.25) is 14.6 Å². The van der Waals surface area contributed by atoms with Gasteiger partial charge in [0.15, 0.2) is 0 Å². The van der Waals surface area contributed by atoms with Crippen LogP contribution in [0.2, 0.25) is 0 Å². The lowest BCUT2D eigenvalue weighted by atomic mass is 10.1. The molecule has 0 spiro atoms. The molecular weight excluding hydrogens is 216 g/mol. The van der Waals surface area contributed by atoms with Crippen LogP contribution in [0.15, 0.2) is 24.5 Å². The highest BCUT2D eigenvalue weighted by molar-refractivity contribution is 5.75. The maximum Gasteiger partial charge on any atom is 0.246 e. The minimum Gasteiger partial charge on any atom is -0.273 e.